The van der Waals surface area contributed by atoms with Crippen LogP contribution in [0.3, 0.4) is 0 Å². The van der Waals surface area contributed by atoms with Gasteiger partial charge in [-0.1, -0.05) is 13.3 Å². The smallest absolute Gasteiger partial charge is 0.278 e. The number of amides is 4. The molecule has 0 saturated heterocycles. The topological polar surface area (TPSA) is 75.3 Å². The molecule has 4 amide bonds. The molecule has 0 unspecified atom stereocenters. The molecule has 0 radical (unpaired) electrons. The normalized spacial score (nSPS) is 9.08. The van der Waals surface area contributed by atoms with Crippen LogP contribution >= 0.6 is 0 Å². The third-order valence-electron chi connectivity index (χ3n) is 1.30. The summed E-state index contributed by atoms with van der Waals surface area (Å²) in [6.45, 7) is 3.15. The van der Waals surface area contributed by atoms with Gasteiger partial charge in [0.2, 0.25) is 11.8 Å². The molecule has 0 aromatic carbocycles. The van der Waals surface area contributed by atoms with Gasteiger partial charge in [-0.15, -0.1) is 0 Å². The number of nitrogens with one attached hydrogen (secondary N) is 2. The fraction of sp³-hybridized carbons (Fsp3) is 0.625. The third kappa shape index (κ3) is 6.99. The highest BCUT2D eigenvalue weighted by Crippen LogP contribution is 1.92. The zero-order chi connectivity index (χ0) is 10.3. The van der Waals surface area contributed by atoms with Crippen LogP contribution < -0.4 is 10.6 Å². The van der Waals surface area contributed by atoms with Gasteiger partial charge in [0.25, 0.3) is 0 Å². The Labute approximate surface area is 76.9 Å². The second-order valence-electron chi connectivity index (χ2n) is 2.66. The lowest BCUT2D eigenvalue weighted by atomic mass is 10.2. The molecule has 0 atom stereocenters. The van der Waals surface area contributed by atoms with E-state index in [0.717, 1.165) is 12.8 Å². The first-order chi connectivity index (χ1) is 6.06. The van der Waals surface area contributed by atoms with Crippen molar-refractivity contribution in [3.05, 3.63) is 0 Å². The van der Waals surface area contributed by atoms with E-state index in [1.165, 1.54) is 6.92 Å². The Balaban J connectivity index is 3.65. The number of unbranched alkanes of at least 4 members (excludes halogenated alkanes) is 1. The van der Waals surface area contributed by atoms with Crippen LogP contribution in [0.1, 0.15) is 33.1 Å². The molecule has 0 spiro atoms. The average molecular weight is 186 g/mol. The van der Waals surface area contributed by atoms with Crippen LogP contribution in [0.15, 0.2) is 0 Å². The summed E-state index contributed by atoms with van der Waals surface area (Å²) in [4.78, 5) is 32.0. The predicted octanol–water partition coefficient (Wildman–Crippen LogP) is 0.549. The summed E-state index contributed by atoms with van der Waals surface area (Å²) in [5, 5.41) is 3.98. The van der Waals surface area contributed by atoms with E-state index in [0.29, 0.717) is 6.42 Å². The maximum Gasteiger partial charge on any atom is 0.328 e. The van der Waals surface area contributed by atoms with E-state index in [-0.39, 0.29) is 5.91 Å². The van der Waals surface area contributed by atoms with Gasteiger partial charge in [0, 0.05) is 13.3 Å². The SMILES string of the molecule is CCCCC(=O)NC(=O)NC(C)=O. The molecular weight excluding hydrogens is 172 g/mol. The van der Waals surface area contributed by atoms with Gasteiger partial charge in [-0.05, 0) is 6.42 Å². The first-order valence-corrected chi connectivity index (χ1v) is 4.17. The number of carbonyl (C=O) groups excluding carboxylic acids is 3. The molecule has 0 rings (SSSR count). The van der Waals surface area contributed by atoms with Crippen LogP contribution in [0.5, 0.6) is 0 Å². The van der Waals surface area contributed by atoms with Crippen molar-refractivity contribution in [3.8, 4) is 0 Å². The molecule has 0 aromatic heterocycles. The number of hydrogen-bond donors (Lipinski definition) is 2. The molecule has 13 heavy (non-hydrogen) atoms. The Morgan fingerprint density at radius 3 is 2.23 bits per heavy atom. The summed E-state index contributed by atoms with van der Waals surface area (Å²) in [5.41, 5.74) is 0. The van der Waals surface area contributed by atoms with Crippen molar-refractivity contribution in [3.63, 3.8) is 0 Å². The number of rotatable bonds is 3. The molecule has 0 fully saturated rings. The highest BCUT2D eigenvalue weighted by Gasteiger charge is 2.07. The molecule has 0 aliphatic carbocycles. The van der Waals surface area contributed by atoms with Crippen molar-refractivity contribution in [2.24, 2.45) is 0 Å². The van der Waals surface area contributed by atoms with E-state index < -0.39 is 11.9 Å². The second-order valence-corrected chi connectivity index (χ2v) is 2.66. The number of carbonyl (C=O) groups is 3. The summed E-state index contributed by atoms with van der Waals surface area (Å²) >= 11 is 0. The minimum atomic E-state index is -0.756. The van der Waals surface area contributed by atoms with Gasteiger partial charge in [-0.3, -0.25) is 20.2 Å². The van der Waals surface area contributed by atoms with E-state index >= 15 is 0 Å². The maximum atomic E-state index is 10.9. The average Bonchev–Trinajstić information content (AvgIpc) is 1.98. The first-order valence-electron chi connectivity index (χ1n) is 4.17. The monoisotopic (exact) mass is 186 g/mol. The van der Waals surface area contributed by atoms with E-state index in [1.54, 1.807) is 0 Å². The number of imide groups is 2. The van der Waals surface area contributed by atoms with Crippen molar-refractivity contribution in [2.75, 3.05) is 0 Å². The van der Waals surface area contributed by atoms with E-state index in [2.05, 4.69) is 0 Å². The van der Waals surface area contributed by atoms with Crippen LogP contribution in [0, 0.1) is 0 Å². The Morgan fingerprint density at radius 2 is 1.77 bits per heavy atom. The summed E-state index contributed by atoms with van der Waals surface area (Å²) in [5.74, 6) is -0.846. The lowest BCUT2D eigenvalue weighted by molar-refractivity contribution is -0.120. The Kier molecular flexibility index (Phi) is 5.50. The largest absolute Gasteiger partial charge is 0.328 e. The molecular formula is C8H14N2O3. The van der Waals surface area contributed by atoms with Crippen molar-refractivity contribution < 1.29 is 14.4 Å². The van der Waals surface area contributed by atoms with Crippen LogP contribution in [-0.4, -0.2) is 17.8 Å². The third-order valence-corrected chi connectivity index (χ3v) is 1.30. The predicted molar refractivity (Wildman–Crippen MR) is 46.9 cm³/mol. The molecule has 2 N–H and O–H groups in total. The van der Waals surface area contributed by atoms with E-state index in [1.807, 2.05) is 17.6 Å². The van der Waals surface area contributed by atoms with Crippen LogP contribution in [-0.2, 0) is 9.59 Å². The molecule has 0 aromatic rings. The van der Waals surface area contributed by atoms with Crippen molar-refractivity contribution in [2.45, 2.75) is 33.1 Å². The minimum Gasteiger partial charge on any atom is -0.278 e. The van der Waals surface area contributed by atoms with Gasteiger partial charge < -0.3 is 0 Å². The minimum absolute atomic E-state index is 0.307. The fourth-order valence-corrected chi connectivity index (χ4v) is 0.718. The summed E-state index contributed by atoms with van der Waals surface area (Å²) in [6, 6.07) is -0.756. The lowest BCUT2D eigenvalue weighted by Gasteiger charge is -2.02. The summed E-state index contributed by atoms with van der Waals surface area (Å²) in [7, 11) is 0. The summed E-state index contributed by atoms with van der Waals surface area (Å²) < 4.78 is 0. The van der Waals surface area contributed by atoms with Gasteiger partial charge >= 0.3 is 6.03 Å². The lowest BCUT2D eigenvalue weighted by Crippen LogP contribution is -2.41. The highest BCUT2D eigenvalue weighted by molar-refractivity contribution is 6.01. The molecule has 0 heterocycles. The Bertz CT molecular complexity index is 213. The van der Waals surface area contributed by atoms with Gasteiger partial charge in [0.15, 0.2) is 0 Å². The molecule has 0 aliphatic heterocycles. The first kappa shape index (κ1) is 11.6. The highest BCUT2D eigenvalue weighted by atomic mass is 16.2. The van der Waals surface area contributed by atoms with Crippen LogP contribution in [0.2, 0.25) is 0 Å². The standard InChI is InChI=1S/C8H14N2O3/c1-3-4-5-7(12)10-8(13)9-6(2)11/h3-5H2,1-2H3,(H2,9,10,11,12,13). The quantitative estimate of drug-likeness (QED) is 0.675. The second kappa shape index (κ2) is 6.16. The molecule has 0 aliphatic rings. The summed E-state index contributed by atoms with van der Waals surface area (Å²) in [6.07, 6.45) is 1.93. The fourth-order valence-electron chi connectivity index (χ4n) is 0.718. The molecule has 0 saturated carbocycles. The van der Waals surface area contributed by atoms with Crippen molar-refractivity contribution in [1.82, 2.24) is 10.6 Å². The van der Waals surface area contributed by atoms with Crippen LogP contribution in [0.25, 0.3) is 0 Å². The Morgan fingerprint density at radius 1 is 1.15 bits per heavy atom. The van der Waals surface area contributed by atoms with Gasteiger partial charge in [0.05, 0.1) is 0 Å². The molecule has 5 nitrogen and oxygen atoms in total. The van der Waals surface area contributed by atoms with Gasteiger partial charge in [-0.2, -0.15) is 0 Å². The van der Waals surface area contributed by atoms with Crippen molar-refractivity contribution >= 4 is 17.8 Å². The zero-order valence-corrected chi connectivity index (χ0v) is 7.85. The van der Waals surface area contributed by atoms with Crippen molar-refractivity contribution in [1.29, 1.82) is 0 Å². The van der Waals surface area contributed by atoms with E-state index in [9.17, 15) is 14.4 Å². The number of hydrogen-bond acceptors (Lipinski definition) is 3. The number of urea groups is 1. The van der Waals surface area contributed by atoms with Gasteiger partial charge in [0.1, 0.15) is 0 Å². The molecule has 0 bridgehead atoms. The molecule has 74 valence electrons. The van der Waals surface area contributed by atoms with Gasteiger partial charge in [-0.25, -0.2) is 4.79 Å². The zero-order valence-electron chi connectivity index (χ0n) is 7.85. The van der Waals surface area contributed by atoms with Crippen LogP contribution in [0.4, 0.5) is 4.79 Å². The van der Waals surface area contributed by atoms with E-state index in [4.69, 9.17) is 0 Å². The Hall–Kier alpha value is -1.39. The molecule has 5 heteroatoms. The maximum absolute atomic E-state index is 10.9.